The quantitative estimate of drug-likeness (QED) is 0.565. The maximum absolute atomic E-state index is 11.5. The first-order valence-electron chi connectivity index (χ1n) is 5.92. The highest BCUT2D eigenvalue weighted by Gasteiger charge is 2.39. The molecule has 4 heteroatoms. The number of hydrogen-bond donors (Lipinski definition) is 1. The summed E-state index contributed by atoms with van der Waals surface area (Å²) in [5.74, 6) is -0.323. The Morgan fingerprint density at radius 2 is 2.00 bits per heavy atom. The molecular weight excluding hydrogens is 204 g/mol. The lowest BCUT2D eigenvalue weighted by atomic mass is 10.0. The average molecular weight is 224 g/mol. The summed E-state index contributed by atoms with van der Waals surface area (Å²) >= 11 is 0. The van der Waals surface area contributed by atoms with Gasteiger partial charge < -0.3 is 15.4 Å². The summed E-state index contributed by atoms with van der Waals surface area (Å²) in [6.07, 6.45) is 4.43. The zero-order valence-electron chi connectivity index (χ0n) is 9.82. The Morgan fingerprint density at radius 1 is 1.44 bits per heavy atom. The predicted molar refractivity (Wildman–Crippen MR) is 61.9 cm³/mol. The van der Waals surface area contributed by atoms with Crippen molar-refractivity contribution in [1.82, 2.24) is 4.90 Å². The van der Waals surface area contributed by atoms with Crippen LogP contribution in [-0.2, 0) is 9.53 Å². The molecule has 2 fully saturated rings. The normalized spacial score (nSPS) is 33.8. The number of carbonyl (C=O) groups excluding carboxylic acids is 1. The molecule has 2 aliphatic rings. The van der Waals surface area contributed by atoms with Gasteiger partial charge in [-0.3, -0.25) is 0 Å². The van der Waals surface area contributed by atoms with Crippen LogP contribution in [0.2, 0.25) is 0 Å². The SMILES string of the molecule is C=C(CN)C(=O)OC1CC2CCC(C1)N2C. The number of nitrogens with zero attached hydrogens (tertiary/aromatic N) is 1. The highest BCUT2D eigenvalue weighted by Crippen LogP contribution is 2.35. The second kappa shape index (κ2) is 4.55. The van der Waals surface area contributed by atoms with E-state index in [0.717, 1.165) is 12.8 Å². The standard InChI is InChI=1S/C12H20N2O2/c1-8(7-13)12(15)16-11-5-9-3-4-10(6-11)14(9)2/h9-11H,1,3-7,13H2,2H3. The van der Waals surface area contributed by atoms with E-state index >= 15 is 0 Å². The summed E-state index contributed by atoms with van der Waals surface area (Å²) in [5, 5.41) is 0. The monoisotopic (exact) mass is 224 g/mol. The van der Waals surface area contributed by atoms with Gasteiger partial charge in [0.25, 0.3) is 0 Å². The van der Waals surface area contributed by atoms with E-state index in [0.29, 0.717) is 17.7 Å². The van der Waals surface area contributed by atoms with Gasteiger partial charge in [-0.15, -0.1) is 0 Å². The minimum atomic E-state index is -0.323. The van der Waals surface area contributed by atoms with Crippen molar-refractivity contribution in [2.45, 2.75) is 43.9 Å². The molecule has 90 valence electrons. The molecule has 2 aliphatic heterocycles. The second-order valence-electron chi connectivity index (χ2n) is 4.86. The topological polar surface area (TPSA) is 55.6 Å². The third-order valence-electron chi connectivity index (χ3n) is 3.86. The van der Waals surface area contributed by atoms with Crippen LogP contribution in [0.15, 0.2) is 12.2 Å². The van der Waals surface area contributed by atoms with E-state index in [1.54, 1.807) is 0 Å². The third-order valence-corrected chi connectivity index (χ3v) is 3.86. The maximum Gasteiger partial charge on any atom is 0.334 e. The highest BCUT2D eigenvalue weighted by atomic mass is 16.5. The van der Waals surface area contributed by atoms with Crippen molar-refractivity contribution in [1.29, 1.82) is 0 Å². The Hall–Kier alpha value is -0.870. The van der Waals surface area contributed by atoms with Gasteiger partial charge in [-0.25, -0.2) is 4.79 Å². The Balaban J connectivity index is 1.89. The summed E-state index contributed by atoms with van der Waals surface area (Å²) in [6.45, 7) is 3.78. The largest absolute Gasteiger partial charge is 0.459 e. The summed E-state index contributed by atoms with van der Waals surface area (Å²) in [6, 6.07) is 1.17. The lowest BCUT2D eigenvalue weighted by Gasteiger charge is -2.35. The van der Waals surface area contributed by atoms with Crippen LogP contribution in [0.4, 0.5) is 0 Å². The minimum absolute atomic E-state index is 0.0597. The number of nitrogens with two attached hydrogens (primary N) is 1. The van der Waals surface area contributed by atoms with Crippen LogP contribution in [0.25, 0.3) is 0 Å². The molecule has 2 atom stereocenters. The summed E-state index contributed by atoms with van der Waals surface area (Å²) in [7, 11) is 2.17. The molecule has 0 aliphatic carbocycles. The first-order valence-corrected chi connectivity index (χ1v) is 5.92. The summed E-state index contributed by atoms with van der Waals surface area (Å²) < 4.78 is 5.43. The molecule has 0 saturated carbocycles. The van der Waals surface area contributed by atoms with Crippen LogP contribution < -0.4 is 5.73 Å². The zero-order chi connectivity index (χ0) is 11.7. The number of carbonyl (C=O) groups is 1. The molecule has 2 saturated heterocycles. The van der Waals surface area contributed by atoms with Crippen LogP contribution >= 0.6 is 0 Å². The van der Waals surface area contributed by atoms with Crippen molar-refractivity contribution in [3.8, 4) is 0 Å². The Bertz CT molecular complexity index is 289. The Labute approximate surface area is 96.4 Å². The molecule has 2 heterocycles. The summed E-state index contributed by atoms with van der Waals surface area (Å²) in [5.41, 5.74) is 5.73. The zero-order valence-corrected chi connectivity index (χ0v) is 9.82. The van der Waals surface area contributed by atoms with E-state index in [1.165, 1.54) is 12.8 Å². The van der Waals surface area contributed by atoms with Crippen LogP contribution in [0.1, 0.15) is 25.7 Å². The molecule has 2 rings (SSSR count). The molecule has 2 bridgehead atoms. The van der Waals surface area contributed by atoms with Crippen LogP contribution in [0, 0.1) is 0 Å². The van der Waals surface area contributed by atoms with Gasteiger partial charge in [-0.2, -0.15) is 0 Å². The first-order chi connectivity index (χ1) is 7.61. The lowest BCUT2D eigenvalue weighted by Crippen LogP contribution is -2.43. The minimum Gasteiger partial charge on any atom is -0.459 e. The van der Waals surface area contributed by atoms with Crippen molar-refractivity contribution >= 4 is 5.97 Å². The van der Waals surface area contributed by atoms with Gasteiger partial charge in [0, 0.05) is 37.0 Å². The van der Waals surface area contributed by atoms with E-state index in [2.05, 4.69) is 18.5 Å². The predicted octanol–water partition coefficient (Wildman–Crippen LogP) is 0.670. The molecule has 0 aromatic carbocycles. The molecule has 0 amide bonds. The van der Waals surface area contributed by atoms with Crippen LogP contribution in [0.3, 0.4) is 0 Å². The molecule has 0 radical (unpaired) electrons. The second-order valence-corrected chi connectivity index (χ2v) is 4.86. The van der Waals surface area contributed by atoms with Gasteiger partial charge in [0.15, 0.2) is 0 Å². The molecular formula is C12H20N2O2. The van der Waals surface area contributed by atoms with E-state index in [9.17, 15) is 4.79 Å². The molecule has 2 N–H and O–H groups in total. The van der Waals surface area contributed by atoms with Gasteiger partial charge in [0.1, 0.15) is 6.10 Å². The van der Waals surface area contributed by atoms with Crippen LogP contribution in [-0.4, -0.2) is 42.6 Å². The maximum atomic E-state index is 11.5. The average Bonchev–Trinajstić information content (AvgIpc) is 2.52. The number of piperidine rings is 1. The first kappa shape index (κ1) is 11.6. The Morgan fingerprint density at radius 3 is 2.50 bits per heavy atom. The fourth-order valence-corrected chi connectivity index (χ4v) is 2.78. The molecule has 0 aromatic heterocycles. The van der Waals surface area contributed by atoms with E-state index < -0.39 is 0 Å². The molecule has 4 nitrogen and oxygen atoms in total. The van der Waals surface area contributed by atoms with Crippen molar-refractivity contribution in [2.24, 2.45) is 5.73 Å². The number of hydrogen-bond acceptors (Lipinski definition) is 4. The highest BCUT2D eigenvalue weighted by molar-refractivity contribution is 5.88. The molecule has 0 spiro atoms. The van der Waals surface area contributed by atoms with Crippen molar-refractivity contribution in [2.75, 3.05) is 13.6 Å². The van der Waals surface area contributed by atoms with E-state index in [4.69, 9.17) is 10.5 Å². The van der Waals surface area contributed by atoms with Gasteiger partial charge in [-0.05, 0) is 19.9 Å². The fraction of sp³-hybridized carbons (Fsp3) is 0.750. The fourth-order valence-electron chi connectivity index (χ4n) is 2.78. The van der Waals surface area contributed by atoms with Crippen LogP contribution in [0.5, 0.6) is 0 Å². The smallest absolute Gasteiger partial charge is 0.334 e. The van der Waals surface area contributed by atoms with Crippen molar-refractivity contribution in [3.63, 3.8) is 0 Å². The molecule has 0 aromatic rings. The Kier molecular flexibility index (Phi) is 3.30. The van der Waals surface area contributed by atoms with Gasteiger partial charge in [-0.1, -0.05) is 6.58 Å². The molecule has 16 heavy (non-hydrogen) atoms. The van der Waals surface area contributed by atoms with Gasteiger partial charge in [0.05, 0.1) is 0 Å². The summed E-state index contributed by atoms with van der Waals surface area (Å²) in [4.78, 5) is 14.0. The van der Waals surface area contributed by atoms with E-state index in [1.807, 2.05) is 0 Å². The van der Waals surface area contributed by atoms with Crippen molar-refractivity contribution < 1.29 is 9.53 Å². The molecule has 2 unspecified atom stereocenters. The van der Waals surface area contributed by atoms with Gasteiger partial charge in [0.2, 0.25) is 0 Å². The number of fused-ring (bicyclic) bond motifs is 2. The number of rotatable bonds is 3. The number of ether oxygens (including phenoxy) is 1. The van der Waals surface area contributed by atoms with Crippen molar-refractivity contribution in [3.05, 3.63) is 12.2 Å². The number of esters is 1. The third kappa shape index (κ3) is 2.13. The lowest BCUT2D eigenvalue weighted by molar-refractivity contribution is -0.147. The van der Waals surface area contributed by atoms with E-state index in [-0.39, 0.29) is 18.6 Å². The van der Waals surface area contributed by atoms with Gasteiger partial charge >= 0.3 is 5.97 Å².